The van der Waals surface area contributed by atoms with Crippen LogP contribution in [-0.2, 0) is 0 Å². The van der Waals surface area contributed by atoms with Crippen molar-refractivity contribution in [3.63, 3.8) is 0 Å². The Morgan fingerprint density at radius 1 is 1.00 bits per heavy atom. The van der Waals surface area contributed by atoms with Crippen molar-refractivity contribution < 1.29 is 0 Å². The van der Waals surface area contributed by atoms with Crippen LogP contribution in [0.4, 0.5) is 0 Å². The Bertz CT molecular complexity index is 187. The molecule has 0 saturated carbocycles. The molecule has 0 heterocycles. The topological polar surface area (TPSA) is 26.0 Å². The largest absolute Gasteiger partial charge is 0.404 e. The predicted molar refractivity (Wildman–Crippen MR) is 50.9 cm³/mol. The molecule has 0 aromatic rings. The first kappa shape index (κ1) is 9.50. The van der Waals surface area contributed by atoms with Gasteiger partial charge < -0.3 is 5.73 Å². The molecule has 1 heteroatoms. The summed E-state index contributed by atoms with van der Waals surface area (Å²) in [6.07, 6.45) is 12.3. The van der Waals surface area contributed by atoms with Gasteiger partial charge in [-0.15, -0.1) is 0 Å². The predicted octanol–water partition coefficient (Wildman–Crippen LogP) is 2.31. The van der Waals surface area contributed by atoms with Crippen LogP contribution in [0.2, 0.25) is 0 Å². The minimum absolute atomic E-state index is 0.935. The Morgan fingerprint density at radius 2 is 1.45 bits per heavy atom. The quantitative estimate of drug-likeness (QED) is 0.607. The summed E-state index contributed by atoms with van der Waals surface area (Å²) in [5.41, 5.74) is 6.26. The molecule has 0 unspecified atom stereocenters. The van der Waals surface area contributed by atoms with Gasteiger partial charge in [0.2, 0.25) is 0 Å². The lowest BCUT2D eigenvalue weighted by atomic mass is 10.2. The first-order valence-corrected chi connectivity index (χ1v) is 3.35. The van der Waals surface area contributed by atoms with Crippen molar-refractivity contribution in [3.05, 3.63) is 61.4 Å². The summed E-state index contributed by atoms with van der Waals surface area (Å²) in [7, 11) is 0. The highest BCUT2D eigenvalue weighted by molar-refractivity contribution is 5.32. The first-order valence-electron chi connectivity index (χ1n) is 3.35. The van der Waals surface area contributed by atoms with Crippen LogP contribution in [0.25, 0.3) is 0 Å². The summed E-state index contributed by atoms with van der Waals surface area (Å²) in [6, 6.07) is 0. The summed E-state index contributed by atoms with van der Waals surface area (Å²) in [5, 5.41) is 0. The van der Waals surface area contributed by atoms with Gasteiger partial charge in [0.05, 0.1) is 0 Å². The van der Waals surface area contributed by atoms with Crippen molar-refractivity contribution in [3.8, 4) is 0 Å². The minimum atomic E-state index is 0.935. The Balaban J connectivity index is 4.19. The molecule has 58 valence electrons. The normalized spacial score (nSPS) is 12.5. The Morgan fingerprint density at radius 3 is 1.73 bits per heavy atom. The Hall–Kier alpha value is -1.50. The van der Waals surface area contributed by atoms with E-state index < -0.39 is 0 Å². The number of hydrogen-bond donors (Lipinski definition) is 1. The van der Waals surface area contributed by atoms with E-state index >= 15 is 0 Å². The molecule has 0 spiro atoms. The molecule has 0 atom stereocenters. The van der Waals surface area contributed by atoms with Gasteiger partial charge in [0.1, 0.15) is 0 Å². The second-order valence-electron chi connectivity index (χ2n) is 1.86. The molecule has 0 radical (unpaired) electrons. The standard InChI is InChI=1S/C10H13N/c1-3-5-7-10(9-11)8-6-4-2/h3-9H,1-2,11H2/b7-5-,8-6+,10-9?. The molecule has 0 aliphatic carbocycles. The highest BCUT2D eigenvalue weighted by atomic mass is 14.5. The number of allylic oxidation sites excluding steroid dienone is 7. The van der Waals surface area contributed by atoms with Crippen LogP contribution in [0.15, 0.2) is 61.4 Å². The smallest absolute Gasteiger partial charge is 0.00115 e. The van der Waals surface area contributed by atoms with Crippen LogP contribution in [0.3, 0.4) is 0 Å². The lowest BCUT2D eigenvalue weighted by Crippen LogP contribution is -1.81. The van der Waals surface area contributed by atoms with E-state index in [1.54, 1.807) is 12.2 Å². The van der Waals surface area contributed by atoms with E-state index in [0.29, 0.717) is 0 Å². The van der Waals surface area contributed by atoms with E-state index in [4.69, 9.17) is 5.73 Å². The van der Waals surface area contributed by atoms with Crippen LogP contribution in [-0.4, -0.2) is 0 Å². The fourth-order valence-corrected chi connectivity index (χ4v) is 0.525. The van der Waals surface area contributed by atoms with Gasteiger partial charge in [-0.1, -0.05) is 49.6 Å². The van der Waals surface area contributed by atoms with E-state index in [0.717, 1.165) is 5.57 Å². The first-order chi connectivity index (χ1) is 5.35. The molecule has 0 aromatic carbocycles. The fourth-order valence-electron chi connectivity index (χ4n) is 0.525. The van der Waals surface area contributed by atoms with Gasteiger partial charge in [0.25, 0.3) is 0 Å². The van der Waals surface area contributed by atoms with Crippen molar-refractivity contribution in [2.75, 3.05) is 0 Å². The zero-order chi connectivity index (χ0) is 8.53. The van der Waals surface area contributed by atoms with Gasteiger partial charge in [0.15, 0.2) is 0 Å². The molecule has 0 amide bonds. The summed E-state index contributed by atoms with van der Waals surface area (Å²) < 4.78 is 0. The van der Waals surface area contributed by atoms with Crippen LogP contribution in [0.1, 0.15) is 0 Å². The molecule has 2 N–H and O–H groups in total. The average Bonchev–Trinajstić information content (AvgIpc) is 2.05. The molecule has 0 aliphatic rings. The van der Waals surface area contributed by atoms with E-state index in [2.05, 4.69) is 13.2 Å². The van der Waals surface area contributed by atoms with Crippen molar-refractivity contribution in [2.24, 2.45) is 5.73 Å². The van der Waals surface area contributed by atoms with E-state index in [9.17, 15) is 0 Å². The van der Waals surface area contributed by atoms with Crippen molar-refractivity contribution in [2.45, 2.75) is 0 Å². The summed E-state index contributed by atoms with van der Waals surface area (Å²) in [4.78, 5) is 0. The third-order valence-electron chi connectivity index (χ3n) is 1.04. The third-order valence-corrected chi connectivity index (χ3v) is 1.04. The molecule has 0 fully saturated rings. The molecular formula is C10H13N. The number of hydrogen-bond acceptors (Lipinski definition) is 1. The van der Waals surface area contributed by atoms with Crippen LogP contribution in [0, 0.1) is 0 Å². The molecule has 0 aliphatic heterocycles. The van der Waals surface area contributed by atoms with Gasteiger partial charge in [0, 0.05) is 6.20 Å². The van der Waals surface area contributed by atoms with Crippen LogP contribution in [0.5, 0.6) is 0 Å². The lowest BCUT2D eigenvalue weighted by Gasteiger charge is -1.87. The molecular weight excluding hydrogens is 134 g/mol. The lowest BCUT2D eigenvalue weighted by molar-refractivity contribution is 1.52. The van der Waals surface area contributed by atoms with Crippen molar-refractivity contribution in [1.29, 1.82) is 0 Å². The van der Waals surface area contributed by atoms with E-state index in [1.807, 2.05) is 24.3 Å². The highest BCUT2D eigenvalue weighted by Gasteiger charge is 1.78. The average molecular weight is 147 g/mol. The second-order valence-corrected chi connectivity index (χ2v) is 1.86. The van der Waals surface area contributed by atoms with Gasteiger partial charge in [-0.05, 0) is 5.57 Å². The molecule has 11 heavy (non-hydrogen) atoms. The Labute approximate surface area is 67.9 Å². The fraction of sp³-hybridized carbons (Fsp3) is 0. The highest BCUT2D eigenvalue weighted by Crippen LogP contribution is 1.96. The molecule has 0 rings (SSSR count). The van der Waals surface area contributed by atoms with Gasteiger partial charge in [-0.3, -0.25) is 0 Å². The SMILES string of the molecule is C=C/C=C\C(=CN)/C=C/C=C. The second kappa shape index (κ2) is 6.62. The monoisotopic (exact) mass is 147 g/mol. The molecule has 1 nitrogen and oxygen atoms in total. The summed E-state index contributed by atoms with van der Waals surface area (Å²) in [5.74, 6) is 0. The minimum Gasteiger partial charge on any atom is -0.404 e. The van der Waals surface area contributed by atoms with Crippen molar-refractivity contribution >= 4 is 0 Å². The molecule has 0 bridgehead atoms. The maximum absolute atomic E-state index is 5.32. The third kappa shape index (κ3) is 4.97. The zero-order valence-corrected chi connectivity index (χ0v) is 6.53. The summed E-state index contributed by atoms with van der Waals surface area (Å²) >= 11 is 0. The molecule has 0 saturated heterocycles. The maximum atomic E-state index is 5.32. The van der Waals surface area contributed by atoms with E-state index in [-0.39, 0.29) is 0 Å². The van der Waals surface area contributed by atoms with Crippen LogP contribution < -0.4 is 5.73 Å². The van der Waals surface area contributed by atoms with Gasteiger partial charge >= 0.3 is 0 Å². The maximum Gasteiger partial charge on any atom is 0.00115 e. The summed E-state index contributed by atoms with van der Waals surface area (Å²) in [6.45, 7) is 7.10. The number of rotatable bonds is 4. The van der Waals surface area contributed by atoms with Crippen LogP contribution >= 0.6 is 0 Å². The van der Waals surface area contributed by atoms with Gasteiger partial charge in [-0.25, -0.2) is 0 Å². The zero-order valence-electron chi connectivity index (χ0n) is 6.53. The molecule has 0 aromatic heterocycles. The Kier molecular flexibility index (Phi) is 5.72. The van der Waals surface area contributed by atoms with Gasteiger partial charge in [-0.2, -0.15) is 0 Å². The van der Waals surface area contributed by atoms with Crippen molar-refractivity contribution in [1.82, 2.24) is 0 Å². The number of nitrogens with two attached hydrogens (primary N) is 1. The van der Waals surface area contributed by atoms with E-state index in [1.165, 1.54) is 6.20 Å².